The summed E-state index contributed by atoms with van der Waals surface area (Å²) >= 11 is 0. The lowest BCUT2D eigenvalue weighted by atomic mass is 10.2. The van der Waals surface area contributed by atoms with Crippen LogP contribution in [0, 0.1) is 0 Å². The molecule has 2 unspecified atom stereocenters. The van der Waals surface area contributed by atoms with Crippen LogP contribution >= 0.6 is 0 Å². The lowest BCUT2D eigenvalue weighted by Gasteiger charge is -2.16. The first-order valence-electron chi connectivity index (χ1n) is 4.22. The Balaban J connectivity index is 2.37. The van der Waals surface area contributed by atoms with Crippen LogP contribution in [0.4, 0.5) is 0 Å². The van der Waals surface area contributed by atoms with Gasteiger partial charge in [-0.3, -0.25) is 0 Å². The van der Waals surface area contributed by atoms with Crippen molar-refractivity contribution in [3.63, 3.8) is 0 Å². The number of H-pyrrole nitrogens is 1. The van der Waals surface area contributed by atoms with Crippen LogP contribution in [0.5, 0.6) is 0 Å². The third-order valence-electron chi connectivity index (χ3n) is 1.70. The van der Waals surface area contributed by atoms with Gasteiger partial charge in [0.1, 0.15) is 0 Å². The van der Waals surface area contributed by atoms with Crippen LogP contribution in [-0.2, 0) is 4.74 Å². The molecule has 0 saturated heterocycles. The first-order valence-corrected chi connectivity index (χ1v) is 4.22. The van der Waals surface area contributed by atoms with Crippen molar-refractivity contribution in [2.75, 3.05) is 13.7 Å². The maximum absolute atomic E-state index is 5.00. The maximum Gasteiger partial charge on any atom is 0.191 e. The Morgan fingerprint density at radius 2 is 2.31 bits per heavy atom. The molecule has 0 amide bonds. The van der Waals surface area contributed by atoms with E-state index < -0.39 is 0 Å². The normalized spacial score (nSPS) is 15.6. The average molecular weight is 185 g/mol. The second-order valence-corrected chi connectivity index (χ2v) is 3.01. The van der Waals surface area contributed by atoms with Crippen molar-refractivity contribution in [3.05, 3.63) is 5.82 Å². The number of aromatic nitrogens is 4. The molecular weight excluding hydrogens is 170 g/mol. The van der Waals surface area contributed by atoms with Gasteiger partial charge in [-0.2, -0.15) is 5.21 Å². The molecule has 2 atom stereocenters. The molecule has 1 aromatic rings. The van der Waals surface area contributed by atoms with Gasteiger partial charge in [0.2, 0.25) is 0 Å². The zero-order valence-corrected chi connectivity index (χ0v) is 8.11. The minimum atomic E-state index is 0.0869. The van der Waals surface area contributed by atoms with Gasteiger partial charge in [-0.1, -0.05) is 5.21 Å². The predicted octanol–water partition coefficient (Wildman–Crippen LogP) is -0.115. The highest BCUT2D eigenvalue weighted by atomic mass is 16.5. The molecule has 0 radical (unpaired) electrons. The van der Waals surface area contributed by atoms with E-state index in [1.165, 1.54) is 0 Å². The largest absolute Gasteiger partial charge is 0.383 e. The van der Waals surface area contributed by atoms with E-state index in [0.29, 0.717) is 12.4 Å². The predicted molar refractivity (Wildman–Crippen MR) is 47.1 cm³/mol. The number of methoxy groups -OCH3 is 1. The molecule has 0 saturated carbocycles. The van der Waals surface area contributed by atoms with Crippen LogP contribution in [0.25, 0.3) is 0 Å². The van der Waals surface area contributed by atoms with Gasteiger partial charge in [-0.05, 0) is 13.8 Å². The van der Waals surface area contributed by atoms with Gasteiger partial charge >= 0.3 is 0 Å². The lowest BCUT2D eigenvalue weighted by molar-refractivity contribution is 0.167. The summed E-state index contributed by atoms with van der Waals surface area (Å²) in [4.78, 5) is 0. The van der Waals surface area contributed by atoms with Crippen LogP contribution in [0.1, 0.15) is 25.7 Å². The summed E-state index contributed by atoms with van der Waals surface area (Å²) in [6.45, 7) is 4.69. The molecule has 74 valence electrons. The van der Waals surface area contributed by atoms with Crippen LogP contribution in [0.3, 0.4) is 0 Å². The van der Waals surface area contributed by atoms with Crippen molar-refractivity contribution in [1.29, 1.82) is 0 Å². The van der Waals surface area contributed by atoms with E-state index in [9.17, 15) is 0 Å². The molecule has 0 aliphatic carbocycles. The first kappa shape index (κ1) is 10.1. The monoisotopic (exact) mass is 185 g/mol. The molecule has 13 heavy (non-hydrogen) atoms. The number of tetrazole rings is 1. The summed E-state index contributed by atoms with van der Waals surface area (Å²) in [6, 6.07) is 0.363. The van der Waals surface area contributed by atoms with Crippen molar-refractivity contribution < 1.29 is 4.74 Å². The highest BCUT2D eigenvalue weighted by Gasteiger charge is 2.12. The Kier molecular flexibility index (Phi) is 3.78. The number of rotatable bonds is 5. The van der Waals surface area contributed by atoms with Gasteiger partial charge in [0.05, 0.1) is 12.6 Å². The van der Waals surface area contributed by atoms with Crippen LogP contribution in [-0.4, -0.2) is 40.4 Å². The third-order valence-corrected chi connectivity index (χ3v) is 1.70. The molecule has 1 heterocycles. The summed E-state index contributed by atoms with van der Waals surface area (Å²) < 4.78 is 5.00. The molecule has 6 heteroatoms. The SMILES string of the molecule is COCC(C)NC(C)c1nn[nH]n1. The number of aromatic amines is 1. The van der Waals surface area contributed by atoms with E-state index in [1.54, 1.807) is 7.11 Å². The fourth-order valence-electron chi connectivity index (χ4n) is 1.15. The van der Waals surface area contributed by atoms with Crippen molar-refractivity contribution in [2.45, 2.75) is 25.9 Å². The molecule has 6 nitrogen and oxygen atoms in total. The molecule has 0 aliphatic rings. The maximum atomic E-state index is 5.00. The van der Waals surface area contributed by atoms with Crippen molar-refractivity contribution >= 4 is 0 Å². The standard InChI is InChI=1S/C7H15N5O/c1-5(4-13-3)8-6(2)7-9-11-12-10-7/h5-6,8H,4H2,1-3H3,(H,9,10,11,12). The van der Waals surface area contributed by atoms with Crippen LogP contribution in [0.2, 0.25) is 0 Å². The van der Waals surface area contributed by atoms with E-state index in [4.69, 9.17) is 4.74 Å². The molecule has 0 bridgehead atoms. The Bertz CT molecular complexity index is 225. The van der Waals surface area contributed by atoms with Crippen molar-refractivity contribution in [2.24, 2.45) is 0 Å². The fourth-order valence-corrected chi connectivity index (χ4v) is 1.15. The summed E-state index contributed by atoms with van der Waals surface area (Å²) in [6.07, 6.45) is 0. The Morgan fingerprint density at radius 1 is 1.54 bits per heavy atom. The second kappa shape index (κ2) is 4.88. The molecule has 0 fully saturated rings. The number of nitrogens with zero attached hydrogens (tertiary/aromatic N) is 3. The molecule has 2 N–H and O–H groups in total. The minimum absolute atomic E-state index is 0.0869. The highest BCUT2D eigenvalue weighted by Crippen LogP contribution is 2.04. The topological polar surface area (TPSA) is 75.7 Å². The zero-order chi connectivity index (χ0) is 9.68. The zero-order valence-electron chi connectivity index (χ0n) is 8.11. The van der Waals surface area contributed by atoms with Crippen molar-refractivity contribution in [3.8, 4) is 0 Å². The van der Waals surface area contributed by atoms with Crippen molar-refractivity contribution in [1.82, 2.24) is 25.9 Å². The van der Waals surface area contributed by atoms with E-state index >= 15 is 0 Å². The number of ether oxygens (including phenoxy) is 1. The molecular formula is C7H15N5O. The molecule has 0 spiro atoms. The van der Waals surface area contributed by atoms with Gasteiger partial charge in [-0.15, -0.1) is 10.2 Å². The number of nitrogens with one attached hydrogen (secondary N) is 2. The van der Waals surface area contributed by atoms with Crippen LogP contribution < -0.4 is 5.32 Å². The molecule has 0 aromatic carbocycles. The van der Waals surface area contributed by atoms with Gasteiger partial charge in [0, 0.05) is 13.2 Å². The second-order valence-electron chi connectivity index (χ2n) is 3.01. The summed E-state index contributed by atoms with van der Waals surface area (Å²) in [5, 5.41) is 16.9. The van der Waals surface area contributed by atoms with E-state index in [0.717, 1.165) is 0 Å². The van der Waals surface area contributed by atoms with E-state index in [2.05, 4.69) is 25.9 Å². The van der Waals surface area contributed by atoms with Crippen LogP contribution in [0.15, 0.2) is 0 Å². The Hall–Kier alpha value is -1.01. The summed E-state index contributed by atoms with van der Waals surface area (Å²) in [5.74, 6) is 0.669. The molecule has 1 rings (SSSR count). The lowest BCUT2D eigenvalue weighted by Crippen LogP contribution is -2.32. The van der Waals surface area contributed by atoms with Gasteiger partial charge in [-0.25, -0.2) is 0 Å². The van der Waals surface area contributed by atoms with Gasteiger partial charge in [0.15, 0.2) is 5.82 Å². The summed E-state index contributed by atoms with van der Waals surface area (Å²) in [5.41, 5.74) is 0. The van der Waals surface area contributed by atoms with E-state index in [1.807, 2.05) is 13.8 Å². The smallest absolute Gasteiger partial charge is 0.191 e. The average Bonchev–Trinajstić information content (AvgIpc) is 2.55. The minimum Gasteiger partial charge on any atom is -0.383 e. The third kappa shape index (κ3) is 3.08. The Labute approximate surface area is 77.1 Å². The first-order chi connectivity index (χ1) is 6.24. The number of hydrogen-bond acceptors (Lipinski definition) is 5. The van der Waals surface area contributed by atoms with Gasteiger partial charge in [0.25, 0.3) is 0 Å². The number of hydrogen-bond donors (Lipinski definition) is 2. The molecule has 0 aliphatic heterocycles. The Morgan fingerprint density at radius 3 is 2.85 bits per heavy atom. The summed E-state index contributed by atoms with van der Waals surface area (Å²) in [7, 11) is 1.68. The van der Waals surface area contributed by atoms with E-state index in [-0.39, 0.29) is 12.1 Å². The molecule has 1 aromatic heterocycles. The quantitative estimate of drug-likeness (QED) is 0.669. The fraction of sp³-hybridized carbons (Fsp3) is 0.857. The highest BCUT2D eigenvalue weighted by molar-refractivity contribution is 4.86. The van der Waals surface area contributed by atoms with Gasteiger partial charge < -0.3 is 10.1 Å².